The number of rotatable bonds is 2. The van der Waals surface area contributed by atoms with E-state index < -0.39 is 0 Å². The molecule has 4 aromatic rings. The number of anilines is 1. The number of aryl methyl sites for hydroxylation is 2. The van der Waals surface area contributed by atoms with Crippen LogP contribution in [0.5, 0.6) is 0 Å². The summed E-state index contributed by atoms with van der Waals surface area (Å²) >= 11 is 1.52. The molecule has 0 aliphatic heterocycles. The fourth-order valence-corrected chi connectivity index (χ4v) is 3.98. The van der Waals surface area contributed by atoms with Crippen molar-refractivity contribution in [2.24, 2.45) is 0 Å². The van der Waals surface area contributed by atoms with Crippen molar-refractivity contribution in [3.8, 4) is 0 Å². The number of hydrogen-bond donors (Lipinski definition) is 1. The molecule has 0 saturated carbocycles. The van der Waals surface area contributed by atoms with Gasteiger partial charge in [0.15, 0.2) is 5.13 Å². The second-order valence-electron chi connectivity index (χ2n) is 5.98. The minimum atomic E-state index is -0.120. The van der Waals surface area contributed by atoms with Crippen molar-refractivity contribution < 1.29 is 4.79 Å². The van der Waals surface area contributed by atoms with E-state index in [1.54, 1.807) is 0 Å². The number of carbonyl (C=O) groups excluding carboxylic acids is 1. The summed E-state index contributed by atoms with van der Waals surface area (Å²) in [4.78, 5) is 17.1. The molecule has 0 saturated heterocycles. The maximum absolute atomic E-state index is 12.5. The van der Waals surface area contributed by atoms with Gasteiger partial charge in [-0.1, -0.05) is 58.9 Å². The molecule has 0 bridgehead atoms. The number of fused-ring (bicyclic) bond motifs is 3. The summed E-state index contributed by atoms with van der Waals surface area (Å²) < 4.78 is 1.10. The number of aromatic nitrogens is 1. The number of hydrogen-bond acceptors (Lipinski definition) is 3. The lowest BCUT2D eigenvalue weighted by Gasteiger charge is -2.04. The summed E-state index contributed by atoms with van der Waals surface area (Å²) in [6, 6.07) is 18.1. The van der Waals surface area contributed by atoms with Crippen molar-refractivity contribution in [3.05, 3.63) is 71.3 Å². The van der Waals surface area contributed by atoms with Gasteiger partial charge in [0, 0.05) is 10.9 Å². The van der Waals surface area contributed by atoms with Gasteiger partial charge in [0.25, 0.3) is 5.91 Å². The molecule has 0 atom stereocenters. The van der Waals surface area contributed by atoms with E-state index in [9.17, 15) is 4.79 Å². The molecule has 118 valence electrons. The lowest BCUT2D eigenvalue weighted by Crippen LogP contribution is -2.12. The molecule has 0 radical (unpaired) electrons. The zero-order chi connectivity index (χ0) is 16.7. The van der Waals surface area contributed by atoms with E-state index in [1.165, 1.54) is 22.1 Å². The second-order valence-corrected chi connectivity index (χ2v) is 6.98. The molecule has 1 N–H and O–H groups in total. The highest BCUT2D eigenvalue weighted by Crippen LogP contribution is 2.32. The summed E-state index contributed by atoms with van der Waals surface area (Å²) in [5.74, 6) is -0.120. The fourth-order valence-electron chi connectivity index (χ4n) is 2.98. The monoisotopic (exact) mass is 332 g/mol. The third-order valence-corrected chi connectivity index (χ3v) is 5.00. The lowest BCUT2D eigenvalue weighted by molar-refractivity contribution is 0.102. The average molecular weight is 332 g/mol. The number of thiazole rings is 1. The number of carbonyl (C=O) groups is 1. The molecule has 0 aliphatic carbocycles. The molecule has 0 aliphatic rings. The predicted octanol–water partition coefficient (Wildman–Crippen LogP) is 5.32. The first kappa shape index (κ1) is 14.8. The predicted molar refractivity (Wildman–Crippen MR) is 101 cm³/mol. The van der Waals surface area contributed by atoms with Crippen LogP contribution in [-0.2, 0) is 0 Å². The van der Waals surface area contributed by atoms with Gasteiger partial charge in [-0.15, -0.1) is 0 Å². The highest BCUT2D eigenvalue weighted by molar-refractivity contribution is 7.23. The van der Waals surface area contributed by atoms with Crippen LogP contribution in [0.25, 0.3) is 21.0 Å². The molecule has 1 amide bonds. The lowest BCUT2D eigenvalue weighted by atomic mass is 10.1. The molecule has 0 spiro atoms. The minimum Gasteiger partial charge on any atom is -0.298 e. The number of benzene rings is 3. The van der Waals surface area contributed by atoms with Crippen LogP contribution in [0.4, 0.5) is 5.13 Å². The second kappa shape index (κ2) is 5.73. The van der Waals surface area contributed by atoms with Crippen LogP contribution in [0.2, 0.25) is 0 Å². The van der Waals surface area contributed by atoms with E-state index in [1.807, 2.05) is 44.2 Å². The maximum atomic E-state index is 12.5. The first-order chi connectivity index (χ1) is 11.6. The third kappa shape index (κ3) is 2.65. The standard InChI is InChI=1S/C20H16N2OS/c1-12-9-13(2)11-15(10-12)19(23)22-20-21-17-8-7-14-5-3-4-6-16(14)18(17)24-20/h3-11H,1-2H3,(H,21,22,23). The van der Waals surface area contributed by atoms with Gasteiger partial charge in [0.05, 0.1) is 10.2 Å². The van der Waals surface area contributed by atoms with Gasteiger partial charge in [-0.3, -0.25) is 10.1 Å². The van der Waals surface area contributed by atoms with E-state index in [-0.39, 0.29) is 5.91 Å². The van der Waals surface area contributed by atoms with Gasteiger partial charge >= 0.3 is 0 Å². The largest absolute Gasteiger partial charge is 0.298 e. The molecule has 1 heterocycles. The van der Waals surface area contributed by atoms with Crippen LogP contribution in [0.3, 0.4) is 0 Å². The van der Waals surface area contributed by atoms with Crippen LogP contribution < -0.4 is 5.32 Å². The molecule has 1 aromatic heterocycles. The van der Waals surface area contributed by atoms with Gasteiger partial charge in [0.1, 0.15) is 0 Å². The highest BCUT2D eigenvalue weighted by atomic mass is 32.1. The van der Waals surface area contributed by atoms with E-state index in [0.717, 1.165) is 21.3 Å². The van der Waals surface area contributed by atoms with Crippen LogP contribution in [0, 0.1) is 13.8 Å². The Hall–Kier alpha value is -2.72. The zero-order valence-corrected chi connectivity index (χ0v) is 14.3. The van der Waals surface area contributed by atoms with Gasteiger partial charge in [0.2, 0.25) is 0 Å². The van der Waals surface area contributed by atoms with E-state index >= 15 is 0 Å². The first-order valence-electron chi connectivity index (χ1n) is 7.78. The zero-order valence-electron chi connectivity index (χ0n) is 13.5. The van der Waals surface area contributed by atoms with Crippen molar-refractivity contribution in [2.45, 2.75) is 13.8 Å². The van der Waals surface area contributed by atoms with Crippen LogP contribution >= 0.6 is 11.3 Å². The smallest absolute Gasteiger partial charge is 0.257 e. The molecular weight excluding hydrogens is 316 g/mol. The van der Waals surface area contributed by atoms with E-state index in [0.29, 0.717) is 10.7 Å². The van der Waals surface area contributed by atoms with Crippen molar-refractivity contribution in [2.75, 3.05) is 5.32 Å². The Kier molecular flexibility index (Phi) is 3.54. The number of amides is 1. The van der Waals surface area contributed by atoms with Gasteiger partial charge in [-0.05, 0) is 37.4 Å². The van der Waals surface area contributed by atoms with Crippen molar-refractivity contribution >= 4 is 43.4 Å². The summed E-state index contributed by atoms with van der Waals surface area (Å²) in [5.41, 5.74) is 3.73. The Balaban J connectivity index is 1.72. The Labute approximate surface area is 144 Å². The van der Waals surface area contributed by atoms with Crippen LogP contribution in [0.15, 0.2) is 54.6 Å². The fraction of sp³-hybridized carbons (Fsp3) is 0.100. The first-order valence-corrected chi connectivity index (χ1v) is 8.60. The molecule has 4 heteroatoms. The van der Waals surface area contributed by atoms with Gasteiger partial charge in [-0.25, -0.2) is 4.98 Å². The molecule has 24 heavy (non-hydrogen) atoms. The summed E-state index contributed by atoms with van der Waals surface area (Å²) in [7, 11) is 0. The SMILES string of the molecule is Cc1cc(C)cc(C(=O)Nc2nc3ccc4ccccc4c3s2)c1. The summed E-state index contributed by atoms with van der Waals surface area (Å²) in [6.45, 7) is 3.99. The Morgan fingerprint density at radius 1 is 1.00 bits per heavy atom. The quantitative estimate of drug-likeness (QED) is 0.540. The van der Waals surface area contributed by atoms with Gasteiger partial charge in [-0.2, -0.15) is 0 Å². The van der Waals surface area contributed by atoms with Crippen LogP contribution in [0.1, 0.15) is 21.5 Å². The van der Waals surface area contributed by atoms with Crippen molar-refractivity contribution in [1.82, 2.24) is 4.98 Å². The van der Waals surface area contributed by atoms with E-state index in [4.69, 9.17) is 0 Å². The van der Waals surface area contributed by atoms with Crippen LogP contribution in [-0.4, -0.2) is 10.9 Å². The summed E-state index contributed by atoms with van der Waals surface area (Å²) in [5, 5.41) is 5.91. The number of nitrogens with zero attached hydrogens (tertiary/aromatic N) is 1. The molecule has 3 aromatic carbocycles. The van der Waals surface area contributed by atoms with Gasteiger partial charge < -0.3 is 0 Å². The molecular formula is C20H16N2OS. The summed E-state index contributed by atoms with van der Waals surface area (Å²) in [6.07, 6.45) is 0. The normalized spacial score (nSPS) is 11.1. The topological polar surface area (TPSA) is 42.0 Å². The highest BCUT2D eigenvalue weighted by Gasteiger charge is 2.12. The van der Waals surface area contributed by atoms with Crippen molar-refractivity contribution in [3.63, 3.8) is 0 Å². The molecule has 4 rings (SSSR count). The maximum Gasteiger partial charge on any atom is 0.257 e. The number of nitrogens with one attached hydrogen (secondary N) is 1. The average Bonchev–Trinajstić information content (AvgIpc) is 2.97. The Morgan fingerprint density at radius 3 is 2.54 bits per heavy atom. The molecule has 3 nitrogen and oxygen atoms in total. The third-order valence-electron chi connectivity index (χ3n) is 3.98. The Morgan fingerprint density at radius 2 is 1.75 bits per heavy atom. The molecule has 0 unspecified atom stereocenters. The van der Waals surface area contributed by atoms with Crippen molar-refractivity contribution in [1.29, 1.82) is 0 Å². The minimum absolute atomic E-state index is 0.120. The Bertz CT molecular complexity index is 1060. The molecule has 0 fully saturated rings. The van der Waals surface area contributed by atoms with E-state index in [2.05, 4.69) is 34.6 Å².